The lowest BCUT2D eigenvalue weighted by atomic mass is 9.97. The molecule has 1 fully saturated rings. The fraction of sp³-hybridized carbons (Fsp3) is 0.600. The summed E-state index contributed by atoms with van der Waals surface area (Å²) in [6, 6.07) is 0. The zero-order valence-electron chi connectivity index (χ0n) is 12.4. The number of hydrogen-bond acceptors (Lipinski definition) is 6. The predicted molar refractivity (Wildman–Crippen MR) is 80.6 cm³/mol. The number of rotatable bonds is 8. The van der Waals surface area contributed by atoms with E-state index in [2.05, 4.69) is 27.8 Å². The first kappa shape index (κ1) is 18.8. The van der Waals surface area contributed by atoms with Gasteiger partial charge in [-0.2, -0.15) is 0 Å². The van der Waals surface area contributed by atoms with Gasteiger partial charge < -0.3 is 24.1 Å². The predicted octanol–water partition coefficient (Wildman–Crippen LogP) is 0.0691. The summed E-state index contributed by atoms with van der Waals surface area (Å²) in [6.07, 6.45) is 11.3. The summed E-state index contributed by atoms with van der Waals surface area (Å²) < 4.78 is 22.1. The quantitative estimate of drug-likeness (QED) is 0.295. The van der Waals surface area contributed by atoms with Crippen LogP contribution in [0.2, 0.25) is 0 Å². The van der Waals surface area contributed by atoms with E-state index in [9.17, 15) is 5.11 Å². The van der Waals surface area contributed by atoms with Crippen LogP contribution in [-0.2, 0) is 18.9 Å². The van der Waals surface area contributed by atoms with E-state index in [1.165, 1.54) is 0 Å². The number of terminal acetylenes is 3. The highest BCUT2D eigenvalue weighted by Gasteiger charge is 2.47. The highest BCUT2D eigenvalue weighted by atomic mass is 16.6. The Morgan fingerprint density at radius 3 is 2.00 bits per heavy atom. The number of aliphatic hydroxyl groups excluding tert-OH is 1. The third-order valence-corrected chi connectivity index (χ3v) is 3.03. The van der Waals surface area contributed by atoms with Crippen molar-refractivity contribution in [3.05, 3.63) is 10.4 Å². The molecule has 23 heavy (non-hydrogen) atoms. The third kappa shape index (κ3) is 5.17. The maximum atomic E-state index is 9.49. The zero-order chi connectivity index (χ0) is 17.1. The average Bonchev–Trinajstić information content (AvgIpc) is 2.57. The first-order chi connectivity index (χ1) is 11.2. The van der Waals surface area contributed by atoms with Crippen LogP contribution in [0.15, 0.2) is 5.11 Å². The molecule has 1 aliphatic heterocycles. The molecule has 0 aliphatic carbocycles. The highest BCUT2D eigenvalue weighted by Crippen LogP contribution is 2.28. The van der Waals surface area contributed by atoms with E-state index in [1.54, 1.807) is 0 Å². The summed E-state index contributed by atoms with van der Waals surface area (Å²) in [6.45, 7) is -0.538. The SMILES string of the molecule is C#CCO[C@@H]1[C@@H](OCC#C)[C@@H](N=[N+]=[N-])O[C@H](CO)[C@H]1OCC#C. The molecule has 0 amide bonds. The van der Waals surface area contributed by atoms with Gasteiger partial charge in [0.2, 0.25) is 0 Å². The van der Waals surface area contributed by atoms with Gasteiger partial charge in [0.05, 0.1) is 6.61 Å². The van der Waals surface area contributed by atoms with Crippen molar-refractivity contribution in [1.82, 2.24) is 0 Å². The number of ether oxygens (including phenoxy) is 4. The topological polar surface area (TPSA) is 106 Å². The van der Waals surface area contributed by atoms with Crippen LogP contribution >= 0.6 is 0 Å². The van der Waals surface area contributed by atoms with Gasteiger partial charge in [-0.3, -0.25) is 0 Å². The molecular weight excluding hydrogens is 302 g/mol. The zero-order valence-corrected chi connectivity index (χ0v) is 12.4. The molecule has 0 aromatic heterocycles. The molecule has 1 aliphatic rings. The number of hydrogen-bond donors (Lipinski definition) is 1. The fourth-order valence-electron chi connectivity index (χ4n) is 2.19. The molecule has 8 nitrogen and oxygen atoms in total. The second-order valence-electron chi connectivity index (χ2n) is 4.39. The Morgan fingerprint density at radius 1 is 1.00 bits per heavy atom. The van der Waals surface area contributed by atoms with Crippen LogP contribution in [0.3, 0.4) is 0 Å². The van der Waals surface area contributed by atoms with Gasteiger partial charge in [-0.1, -0.05) is 22.9 Å². The molecule has 1 N–H and O–H groups in total. The molecule has 0 unspecified atom stereocenters. The van der Waals surface area contributed by atoms with Crippen LogP contribution in [0, 0.1) is 37.0 Å². The second-order valence-corrected chi connectivity index (χ2v) is 4.39. The molecule has 1 rings (SSSR count). The van der Waals surface area contributed by atoms with Crippen molar-refractivity contribution in [2.24, 2.45) is 5.11 Å². The van der Waals surface area contributed by atoms with Crippen molar-refractivity contribution >= 4 is 0 Å². The van der Waals surface area contributed by atoms with E-state index in [0.717, 1.165) is 0 Å². The number of aliphatic hydroxyl groups is 1. The van der Waals surface area contributed by atoms with E-state index in [1.807, 2.05) is 0 Å². The normalized spacial score (nSPS) is 29.6. The Morgan fingerprint density at radius 2 is 1.52 bits per heavy atom. The van der Waals surface area contributed by atoms with Crippen LogP contribution in [0.4, 0.5) is 0 Å². The minimum absolute atomic E-state index is 0.0333. The highest BCUT2D eigenvalue weighted by molar-refractivity contribution is 4.98. The van der Waals surface area contributed by atoms with E-state index in [0.29, 0.717) is 0 Å². The molecule has 0 radical (unpaired) electrons. The smallest absolute Gasteiger partial charge is 0.165 e. The lowest BCUT2D eigenvalue weighted by molar-refractivity contribution is -0.254. The average molecular weight is 319 g/mol. The van der Waals surface area contributed by atoms with Gasteiger partial charge in [-0.15, -0.1) is 19.3 Å². The molecule has 1 saturated heterocycles. The van der Waals surface area contributed by atoms with Crippen LogP contribution < -0.4 is 0 Å². The van der Waals surface area contributed by atoms with Gasteiger partial charge in [0.15, 0.2) is 6.23 Å². The first-order valence-corrected chi connectivity index (χ1v) is 6.69. The van der Waals surface area contributed by atoms with Crippen molar-refractivity contribution in [2.45, 2.75) is 30.6 Å². The lowest BCUT2D eigenvalue weighted by Crippen LogP contribution is -2.60. The van der Waals surface area contributed by atoms with E-state index in [-0.39, 0.29) is 19.8 Å². The minimum atomic E-state index is -1.06. The summed E-state index contributed by atoms with van der Waals surface area (Å²) in [5.41, 5.74) is 8.68. The Labute approximate surface area is 134 Å². The first-order valence-electron chi connectivity index (χ1n) is 6.69. The summed E-state index contributed by atoms with van der Waals surface area (Å²) in [5, 5.41) is 13.0. The van der Waals surface area contributed by atoms with Crippen molar-refractivity contribution in [3.8, 4) is 37.0 Å². The number of nitrogens with zero attached hydrogens (tertiary/aromatic N) is 3. The van der Waals surface area contributed by atoms with Crippen LogP contribution in [0.1, 0.15) is 0 Å². The molecule has 122 valence electrons. The van der Waals surface area contributed by atoms with E-state index in [4.69, 9.17) is 43.7 Å². The van der Waals surface area contributed by atoms with Crippen molar-refractivity contribution in [1.29, 1.82) is 0 Å². The largest absolute Gasteiger partial charge is 0.394 e. The Bertz CT molecular complexity index is 541. The maximum Gasteiger partial charge on any atom is 0.165 e. The van der Waals surface area contributed by atoms with Gasteiger partial charge >= 0.3 is 0 Å². The van der Waals surface area contributed by atoms with Crippen LogP contribution in [0.5, 0.6) is 0 Å². The van der Waals surface area contributed by atoms with E-state index >= 15 is 0 Å². The Balaban J connectivity index is 3.10. The lowest BCUT2D eigenvalue weighted by Gasteiger charge is -2.43. The Hall–Kier alpha value is -2.21. The third-order valence-electron chi connectivity index (χ3n) is 3.03. The summed E-state index contributed by atoms with van der Waals surface area (Å²) in [4.78, 5) is 2.71. The van der Waals surface area contributed by atoms with Crippen molar-refractivity contribution in [2.75, 3.05) is 26.4 Å². The molecule has 0 aromatic rings. The number of azide groups is 1. The molecule has 0 bridgehead atoms. The summed E-state index contributed by atoms with van der Waals surface area (Å²) >= 11 is 0. The van der Waals surface area contributed by atoms with Crippen LogP contribution in [0.25, 0.3) is 10.4 Å². The minimum Gasteiger partial charge on any atom is -0.394 e. The van der Waals surface area contributed by atoms with Crippen molar-refractivity contribution in [3.63, 3.8) is 0 Å². The second kappa shape index (κ2) is 10.5. The molecule has 0 aromatic carbocycles. The maximum absolute atomic E-state index is 9.49. The molecule has 5 atom stereocenters. The summed E-state index contributed by atoms with van der Waals surface area (Å²) in [5.74, 6) is 6.95. The molecule has 0 saturated carbocycles. The molecule has 8 heteroatoms. The standard InChI is InChI=1S/C15H17N3O5/c1-4-7-20-12-11(10-19)23-15(17-18-16)14(22-9-6-3)13(12)21-8-5-2/h1-3,11-15,19H,7-10H2/t11-,12-,13+,14-,15+/m1/s1. The summed E-state index contributed by atoms with van der Waals surface area (Å²) in [7, 11) is 0. The molecule has 0 spiro atoms. The van der Waals surface area contributed by atoms with E-state index < -0.39 is 37.3 Å². The van der Waals surface area contributed by atoms with Gasteiger partial charge in [0.25, 0.3) is 0 Å². The Kier molecular flexibility index (Phi) is 8.60. The molecule has 1 heterocycles. The molecular formula is C15H17N3O5. The van der Waals surface area contributed by atoms with Gasteiger partial charge in [0.1, 0.15) is 44.2 Å². The van der Waals surface area contributed by atoms with Crippen LogP contribution in [-0.4, -0.2) is 62.2 Å². The van der Waals surface area contributed by atoms with Gasteiger partial charge in [0, 0.05) is 4.91 Å². The monoisotopic (exact) mass is 319 g/mol. The van der Waals surface area contributed by atoms with Gasteiger partial charge in [-0.05, 0) is 5.53 Å². The van der Waals surface area contributed by atoms with Gasteiger partial charge in [-0.25, -0.2) is 0 Å². The van der Waals surface area contributed by atoms with Crippen molar-refractivity contribution < 1.29 is 24.1 Å². The fourth-order valence-corrected chi connectivity index (χ4v) is 2.19.